The largest absolute Gasteiger partial charge is 0.497 e. The predicted octanol–water partition coefficient (Wildman–Crippen LogP) is 4.63. The molecule has 29 heavy (non-hydrogen) atoms. The van der Waals surface area contributed by atoms with Crippen molar-refractivity contribution >= 4 is 10.8 Å². The van der Waals surface area contributed by atoms with Crippen LogP contribution in [-0.2, 0) is 6.54 Å². The average molecular weight is 386 g/mol. The van der Waals surface area contributed by atoms with Gasteiger partial charge >= 0.3 is 0 Å². The summed E-state index contributed by atoms with van der Waals surface area (Å²) in [6, 6.07) is 18.4. The summed E-state index contributed by atoms with van der Waals surface area (Å²) in [4.78, 5) is 6.90. The monoisotopic (exact) mass is 386 g/mol. The van der Waals surface area contributed by atoms with Gasteiger partial charge in [-0.25, -0.2) is 0 Å². The number of ether oxygens (including phenoxy) is 1. The van der Waals surface area contributed by atoms with E-state index < -0.39 is 0 Å². The van der Waals surface area contributed by atoms with E-state index in [-0.39, 0.29) is 6.04 Å². The van der Waals surface area contributed by atoms with Crippen LogP contribution in [0.15, 0.2) is 65.2 Å². The summed E-state index contributed by atoms with van der Waals surface area (Å²) in [6.07, 6.45) is 3.92. The minimum atomic E-state index is 0.133. The summed E-state index contributed by atoms with van der Waals surface area (Å²) in [5.74, 6) is 2.02. The van der Waals surface area contributed by atoms with Crippen LogP contribution >= 0.6 is 0 Å². The lowest BCUT2D eigenvalue weighted by Crippen LogP contribution is -2.23. The highest BCUT2D eigenvalue weighted by Crippen LogP contribution is 2.34. The van der Waals surface area contributed by atoms with Crippen molar-refractivity contribution in [3.05, 3.63) is 72.2 Å². The molecule has 1 aliphatic rings. The number of nitrogens with zero attached hydrogens (tertiary/aromatic N) is 4. The summed E-state index contributed by atoms with van der Waals surface area (Å²) < 4.78 is 11.4. The van der Waals surface area contributed by atoms with Crippen LogP contribution in [0.25, 0.3) is 22.4 Å². The smallest absolute Gasteiger partial charge is 0.266 e. The Labute approximate surface area is 169 Å². The topological polar surface area (TPSA) is 64.3 Å². The van der Waals surface area contributed by atoms with E-state index in [1.165, 1.54) is 5.56 Å². The zero-order chi connectivity index (χ0) is 19.6. The van der Waals surface area contributed by atoms with Crippen molar-refractivity contribution in [3.8, 4) is 17.3 Å². The van der Waals surface area contributed by atoms with E-state index in [1.807, 2.05) is 36.4 Å². The van der Waals surface area contributed by atoms with Gasteiger partial charge in [-0.05, 0) is 48.5 Å². The van der Waals surface area contributed by atoms with Crippen molar-refractivity contribution in [1.82, 2.24) is 20.1 Å². The summed E-state index contributed by atoms with van der Waals surface area (Å²) in [7, 11) is 1.68. The molecule has 5 rings (SSSR count). The van der Waals surface area contributed by atoms with Crippen molar-refractivity contribution in [2.24, 2.45) is 0 Å². The Bertz CT molecular complexity index is 1120. The molecule has 0 spiro atoms. The summed E-state index contributed by atoms with van der Waals surface area (Å²) in [5, 5.41) is 10.8. The second kappa shape index (κ2) is 7.64. The molecule has 1 aliphatic heterocycles. The van der Waals surface area contributed by atoms with E-state index in [0.717, 1.165) is 48.1 Å². The number of fused-ring (bicyclic) bond motifs is 1. The number of hydrogen-bond acceptors (Lipinski definition) is 6. The van der Waals surface area contributed by atoms with Crippen molar-refractivity contribution < 1.29 is 9.15 Å². The molecule has 0 bridgehead atoms. The van der Waals surface area contributed by atoms with Gasteiger partial charge in [0.25, 0.3) is 5.89 Å². The highest BCUT2D eigenvalue weighted by molar-refractivity contribution is 5.92. The molecule has 1 unspecified atom stereocenters. The zero-order valence-corrected chi connectivity index (χ0v) is 16.3. The van der Waals surface area contributed by atoms with E-state index in [1.54, 1.807) is 13.3 Å². The van der Waals surface area contributed by atoms with E-state index in [4.69, 9.17) is 9.15 Å². The molecule has 0 radical (unpaired) electrons. The third kappa shape index (κ3) is 3.47. The molecule has 6 nitrogen and oxygen atoms in total. The fourth-order valence-electron chi connectivity index (χ4n) is 4.02. The Kier molecular flexibility index (Phi) is 4.69. The Morgan fingerprint density at radius 2 is 1.93 bits per heavy atom. The first-order valence-corrected chi connectivity index (χ1v) is 9.86. The molecule has 4 aromatic rings. The standard InChI is InChI=1S/C23H22N4O2/c1-28-18-10-8-16(9-11-18)15-27-14-4-7-20(27)22-25-26-23(29-22)21-19-6-3-2-5-17(19)12-13-24-21/h2-3,5-6,8-13,20H,4,7,14-15H2,1H3. The fraction of sp³-hybridized carbons (Fsp3) is 0.261. The first-order valence-electron chi connectivity index (χ1n) is 9.86. The van der Waals surface area contributed by atoms with Crippen molar-refractivity contribution in [3.63, 3.8) is 0 Å². The second-order valence-corrected chi connectivity index (χ2v) is 7.30. The molecule has 2 aromatic carbocycles. The lowest BCUT2D eigenvalue weighted by molar-refractivity contribution is 0.215. The van der Waals surface area contributed by atoms with Crippen molar-refractivity contribution in [2.45, 2.75) is 25.4 Å². The molecule has 0 amide bonds. The molecule has 0 N–H and O–H groups in total. The van der Waals surface area contributed by atoms with Crippen LogP contribution in [0, 0.1) is 0 Å². The zero-order valence-electron chi connectivity index (χ0n) is 16.3. The van der Waals surface area contributed by atoms with E-state index in [2.05, 4.69) is 38.3 Å². The Hall–Kier alpha value is -3.25. The number of pyridine rings is 1. The van der Waals surface area contributed by atoms with Gasteiger partial charge in [-0.1, -0.05) is 36.4 Å². The molecular weight excluding hydrogens is 364 g/mol. The van der Waals surface area contributed by atoms with Gasteiger partial charge in [-0.3, -0.25) is 9.88 Å². The summed E-state index contributed by atoms with van der Waals surface area (Å²) in [5.41, 5.74) is 1.98. The Balaban J connectivity index is 1.40. The van der Waals surface area contributed by atoms with Crippen LogP contribution in [-0.4, -0.2) is 33.7 Å². The SMILES string of the molecule is COc1ccc(CN2CCCC2c2nnc(-c3nccc4ccccc34)o2)cc1. The van der Waals surface area contributed by atoms with Crippen LogP contribution in [0.4, 0.5) is 0 Å². The molecule has 146 valence electrons. The molecule has 3 heterocycles. The highest BCUT2D eigenvalue weighted by atomic mass is 16.5. The van der Waals surface area contributed by atoms with Crippen LogP contribution < -0.4 is 4.74 Å². The maximum Gasteiger partial charge on any atom is 0.266 e. The van der Waals surface area contributed by atoms with Crippen LogP contribution in [0.1, 0.15) is 30.3 Å². The molecule has 0 aliphatic carbocycles. The summed E-state index contributed by atoms with van der Waals surface area (Å²) >= 11 is 0. The Morgan fingerprint density at radius 1 is 1.07 bits per heavy atom. The fourth-order valence-corrected chi connectivity index (χ4v) is 4.02. The van der Waals surface area contributed by atoms with Gasteiger partial charge in [0, 0.05) is 18.1 Å². The number of methoxy groups -OCH3 is 1. The van der Waals surface area contributed by atoms with E-state index in [0.29, 0.717) is 11.8 Å². The first-order chi connectivity index (χ1) is 14.3. The minimum Gasteiger partial charge on any atom is -0.497 e. The average Bonchev–Trinajstić information content (AvgIpc) is 3.43. The second-order valence-electron chi connectivity index (χ2n) is 7.30. The van der Waals surface area contributed by atoms with Gasteiger partial charge in [0.2, 0.25) is 5.89 Å². The molecule has 0 saturated carbocycles. The minimum absolute atomic E-state index is 0.133. The molecule has 1 fully saturated rings. The van der Waals surface area contributed by atoms with Crippen molar-refractivity contribution in [2.75, 3.05) is 13.7 Å². The lowest BCUT2D eigenvalue weighted by atomic mass is 10.1. The number of likely N-dealkylation sites (tertiary alicyclic amines) is 1. The van der Waals surface area contributed by atoms with E-state index in [9.17, 15) is 0 Å². The number of benzene rings is 2. The van der Waals surface area contributed by atoms with Crippen LogP contribution in [0.3, 0.4) is 0 Å². The van der Waals surface area contributed by atoms with Gasteiger partial charge in [-0.2, -0.15) is 0 Å². The Morgan fingerprint density at radius 3 is 2.79 bits per heavy atom. The van der Waals surface area contributed by atoms with Gasteiger partial charge < -0.3 is 9.15 Å². The molecular formula is C23H22N4O2. The van der Waals surface area contributed by atoms with Gasteiger partial charge in [0.15, 0.2) is 0 Å². The maximum atomic E-state index is 6.12. The number of aromatic nitrogens is 3. The highest BCUT2D eigenvalue weighted by Gasteiger charge is 2.31. The maximum absolute atomic E-state index is 6.12. The lowest BCUT2D eigenvalue weighted by Gasteiger charge is -2.21. The van der Waals surface area contributed by atoms with E-state index >= 15 is 0 Å². The third-order valence-corrected chi connectivity index (χ3v) is 5.51. The predicted molar refractivity (Wildman–Crippen MR) is 110 cm³/mol. The third-order valence-electron chi connectivity index (χ3n) is 5.51. The van der Waals surface area contributed by atoms with Gasteiger partial charge in [0.1, 0.15) is 11.4 Å². The van der Waals surface area contributed by atoms with Gasteiger partial charge in [0.05, 0.1) is 13.2 Å². The first kappa shape index (κ1) is 17.8. The summed E-state index contributed by atoms with van der Waals surface area (Å²) in [6.45, 7) is 1.86. The van der Waals surface area contributed by atoms with Crippen LogP contribution in [0.2, 0.25) is 0 Å². The normalized spacial score (nSPS) is 17.1. The molecule has 2 aromatic heterocycles. The molecule has 6 heteroatoms. The number of hydrogen-bond donors (Lipinski definition) is 0. The quantitative estimate of drug-likeness (QED) is 0.498. The van der Waals surface area contributed by atoms with Crippen LogP contribution in [0.5, 0.6) is 5.75 Å². The molecule has 1 atom stereocenters. The van der Waals surface area contributed by atoms with Gasteiger partial charge in [-0.15, -0.1) is 10.2 Å². The molecule has 1 saturated heterocycles. The number of rotatable bonds is 5. The van der Waals surface area contributed by atoms with Crippen molar-refractivity contribution in [1.29, 1.82) is 0 Å².